The van der Waals surface area contributed by atoms with Crippen LogP contribution in [0.25, 0.3) is 0 Å². The molecule has 2 nitrogen and oxygen atoms in total. The van der Waals surface area contributed by atoms with Gasteiger partial charge in [-0.25, -0.2) is 0 Å². The molecule has 2 atom stereocenters. The lowest BCUT2D eigenvalue weighted by Gasteiger charge is -2.29. The summed E-state index contributed by atoms with van der Waals surface area (Å²) in [5.74, 6) is 0.966. The van der Waals surface area contributed by atoms with Gasteiger partial charge in [-0.05, 0) is 43.4 Å². The Morgan fingerprint density at radius 2 is 1.76 bits per heavy atom. The molecule has 0 amide bonds. The largest absolute Gasteiger partial charge is 0.496 e. The van der Waals surface area contributed by atoms with Crippen molar-refractivity contribution in [3.63, 3.8) is 0 Å². The number of hydrogen-bond acceptors (Lipinski definition) is 2. The van der Waals surface area contributed by atoms with Crippen molar-refractivity contribution in [3.05, 3.63) is 65.2 Å². The molecule has 0 saturated carbocycles. The van der Waals surface area contributed by atoms with Crippen LogP contribution in [0.3, 0.4) is 0 Å². The number of para-hydroxylation sites is 1. The number of methoxy groups -OCH3 is 1. The zero-order valence-corrected chi connectivity index (χ0v) is 12.8. The Balaban J connectivity index is 1.70. The maximum absolute atomic E-state index is 5.47. The van der Waals surface area contributed by atoms with E-state index in [2.05, 4.69) is 48.6 Å². The van der Waals surface area contributed by atoms with Gasteiger partial charge in [0.05, 0.1) is 7.11 Å². The smallest absolute Gasteiger partial charge is 0.123 e. The molecule has 0 bridgehead atoms. The van der Waals surface area contributed by atoms with Crippen molar-refractivity contribution in [3.8, 4) is 5.75 Å². The molecule has 0 aliphatic heterocycles. The Morgan fingerprint density at radius 1 is 1.05 bits per heavy atom. The Bertz CT molecular complexity index is 608. The van der Waals surface area contributed by atoms with E-state index in [9.17, 15) is 0 Å². The molecule has 0 aromatic heterocycles. The minimum atomic E-state index is 0.302. The van der Waals surface area contributed by atoms with Gasteiger partial charge in [-0.2, -0.15) is 0 Å². The predicted octanol–water partition coefficient (Wildman–Crippen LogP) is 3.90. The third kappa shape index (κ3) is 3.11. The number of rotatable bonds is 4. The van der Waals surface area contributed by atoms with E-state index in [4.69, 9.17) is 4.74 Å². The van der Waals surface area contributed by atoms with Crippen molar-refractivity contribution in [2.75, 3.05) is 7.11 Å². The molecular weight excluding hydrogens is 258 g/mol. The minimum absolute atomic E-state index is 0.302. The first-order valence-corrected chi connectivity index (χ1v) is 7.73. The molecule has 2 heteroatoms. The first kappa shape index (κ1) is 14.2. The molecule has 2 aromatic rings. The number of ether oxygens (including phenoxy) is 1. The first-order chi connectivity index (χ1) is 10.3. The number of fused-ring (bicyclic) bond motifs is 1. The second-order valence-corrected chi connectivity index (χ2v) is 5.84. The summed E-state index contributed by atoms with van der Waals surface area (Å²) in [7, 11) is 1.74. The van der Waals surface area contributed by atoms with Gasteiger partial charge in [0.1, 0.15) is 5.75 Å². The van der Waals surface area contributed by atoms with E-state index in [0.717, 1.165) is 12.2 Å². The number of aryl methyl sites for hydroxylation is 1. The lowest BCUT2D eigenvalue weighted by molar-refractivity contribution is 0.381. The van der Waals surface area contributed by atoms with E-state index >= 15 is 0 Å². The molecule has 2 unspecified atom stereocenters. The molecule has 21 heavy (non-hydrogen) atoms. The fraction of sp³-hybridized carbons (Fsp3) is 0.368. The van der Waals surface area contributed by atoms with Crippen molar-refractivity contribution < 1.29 is 4.74 Å². The van der Waals surface area contributed by atoms with Gasteiger partial charge in [0.15, 0.2) is 0 Å². The standard InChI is InChI=1S/C19H23NO/c1-14(18-9-5-6-10-19(18)21-2)20-17-12-11-15-7-3-4-8-16(15)13-17/h3-10,14,17,20H,11-13H2,1-2H3. The third-order valence-electron chi connectivity index (χ3n) is 4.44. The van der Waals surface area contributed by atoms with E-state index in [0.29, 0.717) is 12.1 Å². The van der Waals surface area contributed by atoms with E-state index in [1.54, 1.807) is 7.11 Å². The van der Waals surface area contributed by atoms with Crippen LogP contribution in [0.5, 0.6) is 5.75 Å². The fourth-order valence-corrected chi connectivity index (χ4v) is 3.31. The Labute approximate surface area is 127 Å². The van der Waals surface area contributed by atoms with Gasteiger partial charge in [-0.1, -0.05) is 42.5 Å². The summed E-state index contributed by atoms with van der Waals surface area (Å²) in [6.07, 6.45) is 3.50. The van der Waals surface area contributed by atoms with Crippen LogP contribution in [-0.4, -0.2) is 13.2 Å². The summed E-state index contributed by atoms with van der Waals surface area (Å²) in [4.78, 5) is 0. The maximum Gasteiger partial charge on any atom is 0.123 e. The maximum atomic E-state index is 5.47. The highest BCUT2D eigenvalue weighted by molar-refractivity contribution is 5.36. The third-order valence-corrected chi connectivity index (χ3v) is 4.44. The molecule has 0 saturated heterocycles. The normalized spacial score (nSPS) is 18.9. The van der Waals surface area contributed by atoms with E-state index in [1.165, 1.54) is 29.5 Å². The van der Waals surface area contributed by atoms with Crippen LogP contribution in [0, 0.1) is 0 Å². The van der Waals surface area contributed by atoms with Gasteiger partial charge in [-0.3, -0.25) is 0 Å². The number of benzene rings is 2. The lowest BCUT2D eigenvalue weighted by Crippen LogP contribution is -2.36. The Kier molecular flexibility index (Phi) is 4.26. The highest BCUT2D eigenvalue weighted by Gasteiger charge is 2.21. The molecule has 2 aromatic carbocycles. The van der Waals surface area contributed by atoms with Crippen LogP contribution in [-0.2, 0) is 12.8 Å². The van der Waals surface area contributed by atoms with Crippen molar-refractivity contribution >= 4 is 0 Å². The van der Waals surface area contributed by atoms with Crippen molar-refractivity contribution in [1.82, 2.24) is 5.32 Å². The predicted molar refractivity (Wildman–Crippen MR) is 86.8 cm³/mol. The van der Waals surface area contributed by atoms with Crippen molar-refractivity contribution in [2.45, 2.75) is 38.3 Å². The summed E-state index contributed by atoms with van der Waals surface area (Å²) in [6, 6.07) is 17.9. The second kappa shape index (κ2) is 6.31. The summed E-state index contributed by atoms with van der Waals surface area (Å²) < 4.78 is 5.47. The number of hydrogen-bond donors (Lipinski definition) is 1. The van der Waals surface area contributed by atoms with Crippen LogP contribution >= 0.6 is 0 Å². The summed E-state index contributed by atoms with van der Waals surface area (Å²) in [5.41, 5.74) is 4.24. The van der Waals surface area contributed by atoms with Crippen molar-refractivity contribution in [1.29, 1.82) is 0 Å². The zero-order chi connectivity index (χ0) is 14.7. The summed E-state index contributed by atoms with van der Waals surface area (Å²) in [5, 5.41) is 3.77. The summed E-state index contributed by atoms with van der Waals surface area (Å²) >= 11 is 0. The van der Waals surface area contributed by atoms with E-state index < -0.39 is 0 Å². The van der Waals surface area contributed by atoms with Crippen LogP contribution in [0.15, 0.2) is 48.5 Å². The summed E-state index contributed by atoms with van der Waals surface area (Å²) in [6.45, 7) is 2.22. The van der Waals surface area contributed by atoms with Gasteiger partial charge in [0.2, 0.25) is 0 Å². The average molecular weight is 281 g/mol. The molecule has 0 radical (unpaired) electrons. The lowest BCUT2D eigenvalue weighted by atomic mass is 9.88. The zero-order valence-electron chi connectivity index (χ0n) is 12.8. The molecule has 110 valence electrons. The first-order valence-electron chi connectivity index (χ1n) is 7.73. The highest BCUT2D eigenvalue weighted by atomic mass is 16.5. The molecule has 1 aliphatic rings. The quantitative estimate of drug-likeness (QED) is 0.917. The second-order valence-electron chi connectivity index (χ2n) is 5.84. The molecule has 1 aliphatic carbocycles. The van der Waals surface area contributed by atoms with Crippen LogP contribution in [0.4, 0.5) is 0 Å². The Hall–Kier alpha value is -1.80. The van der Waals surface area contributed by atoms with Crippen LogP contribution in [0.2, 0.25) is 0 Å². The van der Waals surface area contributed by atoms with Gasteiger partial charge >= 0.3 is 0 Å². The molecule has 1 N–H and O–H groups in total. The molecule has 0 heterocycles. The minimum Gasteiger partial charge on any atom is -0.496 e. The van der Waals surface area contributed by atoms with Gasteiger partial charge < -0.3 is 10.1 Å². The average Bonchev–Trinajstić information content (AvgIpc) is 2.54. The molecule has 0 spiro atoms. The van der Waals surface area contributed by atoms with E-state index in [-0.39, 0.29) is 0 Å². The van der Waals surface area contributed by atoms with Gasteiger partial charge in [0, 0.05) is 17.6 Å². The monoisotopic (exact) mass is 281 g/mol. The SMILES string of the molecule is COc1ccccc1C(C)NC1CCc2ccccc2C1. The molecular formula is C19H23NO. The van der Waals surface area contributed by atoms with E-state index in [1.807, 2.05) is 12.1 Å². The fourth-order valence-electron chi connectivity index (χ4n) is 3.31. The van der Waals surface area contributed by atoms with Gasteiger partial charge in [-0.15, -0.1) is 0 Å². The van der Waals surface area contributed by atoms with Crippen molar-refractivity contribution in [2.24, 2.45) is 0 Å². The topological polar surface area (TPSA) is 21.3 Å². The van der Waals surface area contributed by atoms with Crippen LogP contribution in [0.1, 0.15) is 36.1 Å². The van der Waals surface area contributed by atoms with Gasteiger partial charge in [0.25, 0.3) is 0 Å². The highest BCUT2D eigenvalue weighted by Crippen LogP contribution is 2.27. The van der Waals surface area contributed by atoms with Crippen LogP contribution < -0.4 is 10.1 Å². The number of nitrogens with one attached hydrogen (secondary N) is 1. The Morgan fingerprint density at radius 3 is 2.57 bits per heavy atom. The molecule has 0 fully saturated rings. The molecule has 3 rings (SSSR count).